The molecule has 0 unspecified atom stereocenters. The zero-order valence-electron chi connectivity index (χ0n) is 7.32. The van der Waals surface area contributed by atoms with Crippen LogP contribution in [-0.4, -0.2) is 9.55 Å². The molecule has 0 amide bonds. The summed E-state index contributed by atoms with van der Waals surface area (Å²) < 4.78 is 2.00. The van der Waals surface area contributed by atoms with E-state index >= 15 is 0 Å². The number of fused-ring (bicyclic) bond motifs is 1. The molecule has 14 heavy (non-hydrogen) atoms. The van der Waals surface area contributed by atoms with Gasteiger partial charge in [0.25, 0.3) is 5.56 Å². The number of aromatic nitrogens is 2. The first-order valence-electron chi connectivity index (χ1n) is 4.49. The van der Waals surface area contributed by atoms with Crippen molar-refractivity contribution in [1.29, 1.82) is 0 Å². The summed E-state index contributed by atoms with van der Waals surface area (Å²) in [7, 11) is 0. The molecule has 0 radical (unpaired) electrons. The Bertz CT molecular complexity index is 603. The average molecular weight is 208 g/mol. The van der Waals surface area contributed by atoms with E-state index in [0.29, 0.717) is 10.2 Å². The van der Waals surface area contributed by atoms with Gasteiger partial charge in [-0.3, -0.25) is 9.36 Å². The van der Waals surface area contributed by atoms with E-state index in [4.69, 9.17) is 0 Å². The van der Waals surface area contributed by atoms with Gasteiger partial charge in [-0.1, -0.05) is 0 Å². The monoisotopic (exact) mass is 208 g/mol. The van der Waals surface area contributed by atoms with Crippen molar-refractivity contribution >= 4 is 21.6 Å². The summed E-state index contributed by atoms with van der Waals surface area (Å²) in [5, 5.41) is 1.82. The van der Waals surface area contributed by atoms with Crippen molar-refractivity contribution in [2.45, 2.75) is 18.9 Å². The van der Waals surface area contributed by atoms with E-state index in [0.717, 1.165) is 12.8 Å². The molecule has 1 saturated carbocycles. The Hall–Kier alpha value is -1.36. The van der Waals surface area contributed by atoms with Crippen LogP contribution in [0.2, 0.25) is 0 Å². The lowest BCUT2D eigenvalue weighted by molar-refractivity contribution is 0.667. The van der Waals surface area contributed by atoms with Crippen LogP contribution in [0.15, 0.2) is 21.0 Å². The first kappa shape index (κ1) is 7.99. The summed E-state index contributed by atoms with van der Waals surface area (Å²) >= 11 is 1.38. The van der Waals surface area contributed by atoms with E-state index < -0.39 is 0 Å². The van der Waals surface area contributed by atoms with E-state index in [1.54, 1.807) is 6.07 Å². The summed E-state index contributed by atoms with van der Waals surface area (Å²) in [5.41, 5.74) is 0.242. The van der Waals surface area contributed by atoms with E-state index in [2.05, 4.69) is 4.98 Å². The van der Waals surface area contributed by atoms with Crippen LogP contribution in [0.5, 0.6) is 0 Å². The van der Waals surface area contributed by atoms with Crippen molar-refractivity contribution in [2.24, 2.45) is 0 Å². The molecule has 0 aromatic carbocycles. The van der Waals surface area contributed by atoms with Crippen molar-refractivity contribution in [1.82, 2.24) is 9.55 Å². The summed E-state index contributed by atoms with van der Waals surface area (Å²) in [6.45, 7) is 0. The second-order valence-corrected chi connectivity index (χ2v) is 4.42. The van der Waals surface area contributed by atoms with Crippen LogP contribution >= 0.6 is 11.3 Å². The molecule has 5 heteroatoms. The number of hydrogen-bond acceptors (Lipinski definition) is 3. The van der Waals surface area contributed by atoms with Crippen molar-refractivity contribution in [2.75, 3.05) is 0 Å². The van der Waals surface area contributed by atoms with Gasteiger partial charge in [0, 0.05) is 6.04 Å². The van der Waals surface area contributed by atoms with Gasteiger partial charge in [0.1, 0.15) is 4.70 Å². The Balaban J connectivity index is 2.48. The topological polar surface area (TPSA) is 54.9 Å². The number of H-pyrrole nitrogens is 1. The lowest BCUT2D eigenvalue weighted by Gasteiger charge is -2.00. The quantitative estimate of drug-likeness (QED) is 0.762. The molecule has 4 nitrogen and oxygen atoms in total. The van der Waals surface area contributed by atoms with Crippen LogP contribution < -0.4 is 11.2 Å². The SMILES string of the molecule is O=c1[nH]c2ccsc2c(=O)n1C1CC1. The summed E-state index contributed by atoms with van der Waals surface area (Å²) in [6, 6.07) is 1.90. The summed E-state index contributed by atoms with van der Waals surface area (Å²) in [6.07, 6.45) is 1.89. The lowest BCUT2D eigenvalue weighted by atomic mass is 10.4. The van der Waals surface area contributed by atoms with Crippen LogP contribution in [-0.2, 0) is 0 Å². The molecule has 0 aliphatic heterocycles. The smallest absolute Gasteiger partial charge is 0.306 e. The number of hydrogen-bond donors (Lipinski definition) is 1. The van der Waals surface area contributed by atoms with Gasteiger partial charge in [-0.25, -0.2) is 4.79 Å². The fraction of sp³-hybridized carbons (Fsp3) is 0.333. The van der Waals surface area contributed by atoms with E-state index in [9.17, 15) is 9.59 Å². The average Bonchev–Trinajstić information content (AvgIpc) is 2.84. The van der Waals surface area contributed by atoms with Gasteiger partial charge >= 0.3 is 5.69 Å². The van der Waals surface area contributed by atoms with Crippen LogP contribution in [0.4, 0.5) is 0 Å². The van der Waals surface area contributed by atoms with Crippen molar-refractivity contribution < 1.29 is 0 Å². The molecular weight excluding hydrogens is 200 g/mol. The molecule has 2 aromatic heterocycles. The minimum atomic E-state index is -0.275. The van der Waals surface area contributed by atoms with Gasteiger partial charge in [0.15, 0.2) is 0 Å². The lowest BCUT2D eigenvalue weighted by Crippen LogP contribution is -2.33. The predicted molar refractivity (Wildman–Crippen MR) is 55.0 cm³/mol. The van der Waals surface area contributed by atoms with Crippen LogP contribution in [0.1, 0.15) is 18.9 Å². The third-order valence-electron chi connectivity index (χ3n) is 2.45. The Morgan fingerprint density at radius 1 is 1.43 bits per heavy atom. The molecular formula is C9H8N2O2S. The van der Waals surface area contributed by atoms with Gasteiger partial charge in [0.05, 0.1) is 5.52 Å². The standard InChI is InChI=1S/C9H8N2O2S/c12-8-7-6(3-4-14-7)10-9(13)11(8)5-1-2-5/h3-5H,1-2H2,(H,10,13). The first-order chi connectivity index (χ1) is 6.77. The second kappa shape index (κ2) is 2.57. The van der Waals surface area contributed by atoms with Gasteiger partial charge in [-0.15, -0.1) is 11.3 Å². The molecule has 0 saturated heterocycles. The highest BCUT2D eigenvalue weighted by molar-refractivity contribution is 7.17. The molecule has 2 aromatic rings. The van der Waals surface area contributed by atoms with Crippen LogP contribution in [0.25, 0.3) is 10.2 Å². The molecule has 1 aliphatic carbocycles. The largest absolute Gasteiger partial charge is 0.329 e. The molecule has 0 spiro atoms. The Morgan fingerprint density at radius 3 is 2.93 bits per heavy atom. The van der Waals surface area contributed by atoms with Gasteiger partial charge in [-0.05, 0) is 24.3 Å². The molecule has 2 heterocycles. The Kier molecular flexibility index (Phi) is 1.47. The summed E-state index contributed by atoms with van der Waals surface area (Å²) in [4.78, 5) is 26.1. The van der Waals surface area contributed by atoms with Crippen molar-refractivity contribution in [3.05, 3.63) is 32.3 Å². The van der Waals surface area contributed by atoms with E-state index in [-0.39, 0.29) is 17.3 Å². The van der Waals surface area contributed by atoms with Gasteiger partial charge in [0.2, 0.25) is 0 Å². The van der Waals surface area contributed by atoms with Gasteiger partial charge in [-0.2, -0.15) is 0 Å². The number of rotatable bonds is 1. The third kappa shape index (κ3) is 0.988. The number of thiophene rings is 1. The van der Waals surface area contributed by atoms with Crippen LogP contribution in [0, 0.1) is 0 Å². The highest BCUT2D eigenvalue weighted by atomic mass is 32.1. The van der Waals surface area contributed by atoms with E-state index in [1.165, 1.54) is 15.9 Å². The third-order valence-corrected chi connectivity index (χ3v) is 3.35. The second-order valence-electron chi connectivity index (χ2n) is 3.50. The maximum absolute atomic E-state index is 11.8. The molecule has 1 N–H and O–H groups in total. The Morgan fingerprint density at radius 2 is 2.21 bits per heavy atom. The zero-order valence-corrected chi connectivity index (χ0v) is 8.13. The maximum Gasteiger partial charge on any atom is 0.329 e. The van der Waals surface area contributed by atoms with Crippen molar-refractivity contribution in [3.8, 4) is 0 Å². The highest BCUT2D eigenvalue weighted by Gasteiger charge is 2.27. The predicted octanol–water partition coefficient (Wildman–Crippen LogP) is 1.09. The molecule has 1 fully saturated rings. The van der Waals surface area contributed by atoms with Crippen LogP contribution in [0.3, 0.4) is 0 Å². The molecule has 0 atom stereocenters. The minimum Gasteiger partial charge on any atom is -0.306 e. The maximum atomic E-state index is 11.8. The minimum absolute atomic E-state index is 0.137. The molecule has 0 bridgehead atoms. The molecule has 72 valence electrons. The number of aromatic amines is 1. The molecule has 1 aliphatic rings. The fourth-order valence-corrected chi connectivity index (χ4v) is 2.40. The fourth-order valence-electron chi connectivity index (χ4n) is 1.61. The zero-order chi connectivity index (χ0) is 9.71. The number of nitrogens with zero attached hydrogens (tertiary/aromatic N) is 1. The van der Waals surface area contributed by atoms with E-state index in [1.807, 2.05) is 5.38 Å². The Labute approximate surface area is 82.8 Å². The first-order valence-corrected chi connectivity index (χ1v) is 5.37. The highest BCUT2D eigenvalue weighted by Crippen LogP contribution is 2.32. The number of nitrogens with one attached hydrogen (secondary N) is 1. The molecule has 3 rings (SSSR count). The normalized spacial score (nSPS) is 16.3. The van der Waals surface area contributed by atoms with Gasteiger partial charge < -0.3 is 4.98 Å². The van der Waals surface area contributed by atoms with Crippen molar-refractivity contribution in [3.63, 3.8) is 0 Å². The summed E-state index contributed by atoms with van der Waals surface area (Å²) in [5.74, 6) is 0.